The number of hydrogen-bond acceptors (Lipinski definition) is 3. The van der Waals surface area contributed by atoms with E-state index in [1.165, 1.54) is 11.9 Å². The molecule has 36 valence electrons. The first-order valence-electron chi connectivity index (χ1n) is 1.65. The monoisotopic (exact) mass is 124 g/mol. The normalized spacial score (nSPS) is 34.5. The van der Waals surface area contributed by atoms with E-state index < -0.39 is 0 Å². The van der Waals surface area contributed by atoms with Gasteiger partial charge in [0.05, 0.1) is 6.67 Å². The molecule has 1 unspecified atom stereocenters. The molecule has 1 atom stereocenters. The fraction of sp³-hybridized carbons (Fsp3) is 1.00. The molecule has 2 nitrogen and oxygen atoms in total. The van der Waals surface area contributed by atoms with Gasteiger partial charge in [0.15, 0.2) is 0 Å². The largest absolute Gasteiger partial charge is 0.278 e. The summed E-state index contributed by atoms with van der Waals surface area (Å²) in [4.78, 5) is 0.0741. The topological polar surface area (TPSA) is 24.1 Å². The molecule has 0 aromatic carbocycles. The number of rotatable bonds is 0. The zero-order valence-electron chi connectivity index (χ0n) is 3.07. The molecule has 2 N–H and O–H groups in total. The average molecular weight is 125 g/mol. The van der Waals surface area contributed by atoms with Crippen molar-refractivity contribution in [3.63, 3.8) is 0 Å². The molecule has 1 heterocycles. The molecule has 1 fully saturated rings. The van der Waals surface area contributed by atoms with Gasteiger partial charge < -0.3 is 0 Å². The van der Waals surface area contributed by atoms with Crippen LogP contribution in [0.15, 0.2) is 0 Å². The van der Waals surface area contributed by atoms with E-state index in [9.17, 15) is 0 Å². The van der Waals surface area contributed by atoms with E-state index in [1.54, 1.807) is 0 Å². The maximum atomic E-state index is 5.50. The van der Waals surface area contributed by atoms with Crippen LogP contribution in [-0.4, -0.2) is 11.5 Å². The van der Waals surface area contributed by atoms with E-state index in [1.807, 2.05) is 0 Å². The van der Waals surface area contributed by atoms with Crippen molar-refractivity contribution in [2.24, 2.45) is 0 Å². The van der Waals surface area contributed by atoms with Gasteiger partial charge in [-0.3, -0.25) is 5.32 Å². The molecule has 0 spiro atoms. The third kappa shape index (κ3) is 1.01. The fourth-order valence-electron chi connectivity index (χ4n) is 0.278. The van der Waals surface area contributed by atoms with Crippen LogP contribution in [0.25, 0.3) is 0 Å². The molecule has 0 amide bonds. The molecular formula is C2H5ClN2S. The lowest BCUT2D eigenvalue weighted by atomic mass is 11.1. The Kier molecular flexibility index (Phi) is 1.59. The SMILES string of the molecule is ClC1NCNS1. The molecule has 1 rings (SSSR count). The number of alkyl halides is 1. The zero-order valence-corrected chi connectivity index (χ0v) is 4.64. The number of nitrogens with one attached hydrogen (secondary N) is 2. The third-order valence-electron chi connectivity index (χ3n) is 0.522. The lowest BCUT2D eigenvalue weighted by Crippen LogP contribution is -2.15. The lowest BCUT2D eigenvalue weighted by molar-refractivity contribution is 0.792. The Morgan fingerprint density at radius 1 is 1.83 bits per heavy atom. The zero-order chi connectivity index (χ0) is 4.41. The molecule has 0 saturated carbocycles. The summed E-state index contributed by atoms with van der Waals surface area (Å²) in [5.41, 5.74) is 0. The summed E-state index contributed by atoms with van der Waals surface area (Å²) < 4.78 is 2.95. The van der Waals surface area contributed by atoms with Crippen molar-refractivity contribution < 1.29 is 0 Å². The van der Waals surface area contributed by atoms with Crippen LogP contribution >= 0.6 is 23.5 Å². The summed E-state index contributed by atoms with van der Waals surface area (Å²) in [5, 5.41) is 2.94. The first kappa shape index (κ1) is 4.71. The van der Waals surface area contributed by atoms with Gasteiger partial charge in [-0.05, 0) is 11.9 Å². The summed E-state index contributed by atoms with van der Waals surface area (Å²) in [7, 11) is 0. The second-order valence-electron chi connectivity index (χ2n) is 0.959. The standard InChI is InChI=1S/C2H5ClN2S/c3-2-4-1-5-6-2/h2,4-5H,1H2. The van der Waals surface area contributed by atoms with Crippen molar-refractivity contribution in [3.05, 3.63) is 0 Å². The molecule has 6 heavy (non-hydrogen) atoms. The highest BCUT2D eigenvalue weighted by Gasteiger charge is 2.07. The van der Waals surface area contributed by atoms with Gasteiger partial charge in [0.2, 0.25) is 0 Å². The molecule has 0 aliphatic carbocycles. The van der Waals surface area contributed by atoms with Crippen LogP contribution < -0.4 is 10.0 Å². The first-order valence-corrected chi connectivity index (χ1v) is 2.97. The Morgan fingerprint density at radius 2 is 2.67 bits per heavy atom. The van der Waals surface area contributed by atoms with Crippen molar-refractivity contribution in [1.29, 1.82) is 0 Å². The minimum Gasteiger partial charge on any atom is -0.278 e. The minimum atomic E-state index is 0.0741. The van der Waals surface area contributed by atoms with E-state index in [4.69, 9.17) is 11.6 Å². The summed E-state index contributed by atoms with van der Waals surface area (Å²) in [6.45, 7) is 0.818. The fourth-order valence-corrected chi connectivity index (χ4v) is 1.02. The Hall–Kier alpha value is 0.560. The Morgan fingerprint density at radius 3 is 2.83 bits per heavy atom. The van der Waals surface area contributed by atoms with Gasteiger partial charge in [0.1, 0.15) is 4.83 Å². The van der Waals surface area contributed by atoms with Crippen LogP contribution in [0.3, 0.4) is 0 Å². The quantitative estimate of drug-likeness (QED) is 0.276. The van der Waals surface area contributed by atoms with Crippen molar-refractivity contribution in [2.75, 3.05) is 6.67 Å². The van der Waals surface area contributed by atoms with Gasteiger partial charge in [0.25, 0.3) is 0 Å². The average Bonchev–Trinajstić information content (AvgIpc) is 1.86. The van der Waals surface area contributed by atoms with Gasteiger partial charge in [-0.15, -0.1) is 0 Å². The summed E-state index contributed by atoms with van der Waals surface area (Å²) in [5.74, 6) is 0. The summed E-state index contributed by atoms with van der Waals surface area (Å²) in [6, 6.07) is 0. The lowest BCUT2D eigenvalue weighted by Gasteiger charge is -1.89. The molecule has 4 heteroatoms. The maximum Gasteiger partial charge on any atom is 0.144 e. The van der Waals surface area contributed by atoms with E-state index in [2.05, 4.69) is 10.0 Å². The Bertz CT molecular complexity index is 44.8. The van der Waals surface area contributed by atoms with Gasteiger partial charge in [0, 0.05) is 0 Å². The molecule has 0 aromatic rings. The molecular weight excluding hydrogens is 120 g/mol. The predicted molar refractivity (Wildman–Crippen MR) is 28.4 cm³/mol. The van der Waals surface area contributed by atoms with Gasteiger partial charge in [-0.2, -0.15) is 0 Å². The molecule has 0 aromatic heterocycles. The maximum absolute atomic E-state index is 5.50. The summed E-state index contributed by atoms with van der Waals surface area (Å²) >= 11 is 7.00. The molecule has 0 radical (unpaired) electrons. The van der Waals surface area contributed by atoms with E-state index in [-0.39, 0.29) is 4.83 Å². The second-order valence-corrected chi connectivity index (χ2v) is 2.65. The Balaban J connectivity index is 2.18. The summed E-state index contributed by atoms with van der Waals surface area (Å²) in [6.07, 6.45) is 0. The van der Waals surface area contributed by atoms with E-state index in [0.29, 0.717) is 0 Å². The van der Waals surface area contributed by atoms with Crippen LogP contribution in [0.5, 0.6) is 0 Å². The second kappa shape index (κ2) is 2.02. The smallest absolute Gasteiger partial charge is 0.144 e. The minimum absolute atomic E-state index is 0.0741. The predicted octanol–water partition coefficient (Wildman–Crippen LogP) is 0.307. The van der Waals surface area contributed by atoms with Gasteiger partial charge in [-0.25, -0.2) is 4.72 Å². The van der Waals surface area contributed by atoms with Gasteiger partial charge >= 0.3 is 0 Å². The van der Waals surface area contributed by atoms with E-state index in [0.717, 1.165) is 6.67 Å². The van der Waals surface area contributed by atoms with Crippen LogP contribution in [0.4, 0.5) is 0 Å². The van der Waals surface area contributed by atoms with Crippen molar-refractivity contribution in [3.8, 4) is 0 Å². The third-order valence-corrected chi connectivity index (χ3v) is 1.63. The van der Waals surface area contributed by atoms with Crippen LogP contribution in [-0.2, 0) is 0 Å². The highest BCUT2D eigenvalue weighted by atomic mass is 35.5. The highest BCUT2D eigenvalue weighted by Crippen LogP contribution is 2.10. The van der Waals surface area contributed by atoms with Crippen LogP contribution in [0, 0.1) is 0 Å². The molecule has 1 aliphatic rings. The first-order chi connectivity index (χ1) is 2.89. The van der Waals surface area contributed by atoms with Crippen molar-refractivity contribution >= 4 is 23.5 Å². The highest BCUT2D eigenvalue weighted by molar-refractivity contribution is 7.99. The van der Waals surface area contributed by atoms with Crippen molar-refractivity contribution in [1.82, 2.24) is 10.0 Å². The van der Waals surface area contributed by atoms with E-state index >= 15 is 0 Å². The molecule has 0 bridgehead atoms. The molecule has 1 saturated heterocycles. The number of halogens is 1. The van der Waals surface area contributed by atoms with Crippen LogP contribution in [0.1, 0.15) is 0 Å². The Labute approximate surface area is 45.8 Å². The van der Waals surface area contributed by atoms with Crippen LogP contribution in [0.2, 0.25) is 0 Å². The number of hydrogen-bond donors (Lipinski definition) is 2. The molecule has 1 aliphatic heterocycles. The van der Waals surface area contributed by atoms with Crippen molar-refractivity contribution in [2.45, 2.75) is 4.83 Å². The van der Waals surface area contributed by atoms with Gasteiger partial charge in [-0.1, -0.05) is 11.6 Å².